The molecule has 1 fully saturated rings. The lowest BCUT2D eigenvalue weighted by Gasteiger charge is -1.95. The molecule has 1 aromatic carbocycles. The number of nitro groups is 1. The van der Waals surface area contributed by atoms with E-state index in [2.05, 4.69) is 10.3 Å². The van der Waals surface area contributed by atoms with Gasteiger partial charge in [-0.05, 0) is 30.3 Å². The van der Waals surface area contributed by atoms with Gasteiger partial charge in [-0.25, -0.2) is 0 Å². The van der Waals surface area contributed by atoms with Gasteiger partial charge in [0.15, 0.2) is 5.17 Å². The highest BCUT2D eigenvalue weighted by atomic mass is 32.2. The fourth-order valence-electron chi connectivity index (χ4n) is 1.52. The van der Waals surface area contributed by atoms with Crippen molar-refractivity contribution < 1.29 is 9.72 Å². The van der Waals surface area contributed by atoms with E-state index in [1.54, 1.807) is 18.2 Å². The third-order valence-corrected chi connectivity index (χ3v) is 3.28. The van der Waals surface area contributed by atoms with Gasteiger partial charge in [0.05, 0.1) is 9.83 Å². The molecule has 0 saturated carbocycles. The highest BCUT2D eigenvalue weighted by Crippen LogP contribution is 2.26. The summed E-state index contributed by atoms with van der Waals surface area (Å²) in [5, 5.41) is 13.9. The molecule has 0 spiro atoms. The van der Waals surface area contributed by atoms with Crippen molar-refractivity contribution in [3.8, 4) is 0 Å². The minimum atomic E-state index is -0.464. The fraction of sp³-hybridized carbons (Fsp3) is 0.167. The molecule has 0 aliphatic carbocycles. The summed E-state index contributed by atoms with van der Waals surface area (Å²) in [6, 6.07) is 6.13. The summed E-state index contributed by atoms with van der Waals surface area (Å²) in [6.45, 7) is 2.47. The summed E-state index contributed by atoms with van der Waals surface area (Å²) in [7, 11) is 0. The highest BCUT2D eigenvalue weighted by Gasteiger charge is 2.23. The number of nitro benzene ring substituents is 1. The van der Waals surface area contributed by atoms with Crippen molar-refractivity contribution in [2.45, 2.75) is 6.92 Å². The molecule has 0 atom stereocenters. The first kappa shape index (κ1) is 13.3. The van der Waals surface area contributed by atoms with Crippen LogP contribution < -0.4 is 5.32 Å². The Labute approximate surface area is 113 Å². The van der Waals surface area contributed by atoms with Crippen molar-refractivity contribution >= 4 is 34.6 Å². The van der Waals surface area contributed by atoms with Gasteiger partial charge < -0.3 is 5.32 Å². The maximum Gasteiger partial charge on any atom is 0.270 e. The summed E-state index contributed by atoms with van der Waals surface area (Å²) < 4.78 is 0. The molecule has 19 heavy (non-hydrogen) atoms. The van der Waals surface area contributed by atoms with E-state index in [-0.39, 0.29) is 11.6 Å². The zero-order valence-electron chi connectivity index (χ0n) is 10.1. The van der Waals surface area contributed by atoms with E-state index in [0.717, 1.165) is 0 Å². The molecule has 1 saturated heterocycles. The Kier molecular flexibility index (Phi) is 3.96. The van der Waals surface area contributed by atoms with E-state index in [0.29, 0.717) is 22.2 Å². The van der Waals surface area contributed by atoms with Gasteiger partial charge in [0.25, 0.3) is 11.6 Å². The number of benzene rings is 1. The van der Waals surface area contributed by atoms with Crippen molar-refractivity contribution in [3.05, 3.63) is 44.8 Å². The van der Waals surface area contributed by atoms with Gasteiger partial charge >= 0.3 is 0 Å². The van der Waals surface area contributed by atoms with E-state index in [9.17, 15) is 14.9 Å². The van der Waals surface area contributed by atoms with E-state index >= 15 is 0 Å². The van der Waals surface area contributed by atoms with E-state index in [1.165, 1.54) is 23.9 Å². The van der Waals surface area contributed by atoms with Crippen LogP contribution >= 0.6 is 11.8 Å². The van der Waals surface area contributed by atoms with Crippen molar-refractivity contribution in [3.63, 3.8) is 0 Å². The molecule has 1 aliphatic rings. The van der Waals surface area contributed by atoms with Crippen LogP contribution in [0.25, 0.3) is 6.08 Å². The lowest BCUT2D eigenvalue weighted by atomic mass is 10.2. The molecule has 1 heterocycles. The van der Waals surface area contributed by atoms with Gasteiger partial charge in [0.1, 0.15) is 0 Å². The van der Waals surface area contributed by atoms with Crippen molar-refractivity contribution in [1.29, 1.82) is 0 Å². The Hall–Kier alpha value is -2.15. The van der Waals surface area contributed by atoms with Crippen molar-refractivity contribution in [2.24, 2.45) is 4.99 Å². The largest absolute Gasteiger partial charge is 0.301 e. The molecule has 6 nitrogen and oxygen atoms in total. The van der Waals surface area contributed by atoms with Crippen LogP contribution in [0.2, 0.25) is 0 Å². The third kappa shape index (κ3) is 3.19. The smallest absolute Gasteiger partial charge is 0.270 e. The number of aliphatic imine (C=N–C) groups is 1. The van der Waals surface area contributed by atoms with E-state index in [4.69, 9.17) is 0 Å². The molecule has 1 aliphatic heterocycles. The van der Waals surface area contributed by atoms with Crippen LogP contribution in [0.5, 0.6) is 0 Å². The molecule has 0 aromatic heterocycles. The minimum absolute atomic E-state index is 0.000189. The number of nitrogens with zero attached hydrogens (tertiary/aromatic N) is 2. The maximum atomic E-state index is 11.7. The van der Waals surface area contributed by atoms with Crippen molar-refractivity contribution in [2.75, 3.05) is 6.54 Å². The number of non-ortho nitro benzene ring substituents is 1. The second-order valence-corrected chi connectivity index (χ2v) is 4.73. The Morgan fingerprint density at radius 3 is 3.00 bits per heavy atom. The molecule has 0 radical (unpaired) electrons. The molecule has 98 valence electrons. The molecule has 1 aromatic rings. The number of hydrogen-bond acceptors (Lipinski definition) is 5. The number of carbonyl (C=O) groups excluding carboxylic acids is 1. The maximum absolute atomic E-state index is 11.7. The molecule has 1 N–H and O–H groups in total. The number of thioether (sulfide) groups is 1. The zero-order valence-corrected chi connectivity index (χ0v) is 10.9. The molecular formula is C12H11N3O3S. The van der Waals surface area contributed by atoms with Crippen LogP contribution in [0.4, 0.5) is 5.69 Å². The first-order chi connectivity index (χ1) is 9.10. The third-order valence-electron chi connectivity index (χ3n) is 2.33. The van der Waals surface area contributed by atoms with E-state index in [1.807, 2.05) is 6.92 Å². The Morgan fingerprint density at radius 1 is 1.53 bits per heavy atom. The zero-order chi connectivity index (χ0) is 13.8. The highest BCUT2D eigenvalue weighted by molar-refractivity contribution is 8.18. The normalized spacial score (nSPS) is 18.9. The van der Waals surface area contributed by atoms with Gasteiger partial charge in [-0.15, -0.1) is 0 Å². The van der Waals surface area contributed by atoms with Crippen LogP contribution in [0, 0.1) is 10.1 Å². The SMILES string of the molecule is CCN=C1NC(=O)/C(=C/c2cccc([N+](=O)[O-])c2)S1. The fourth-order valence-corrected chi connectivity index (χ4v) is 2.41. The average Bonchev–Trinajstić information content (AvgIpc) is 2.70. The monoisotopic (exact) mass is 277 g/mol. The number of hydrogen-bond donors (Lipinski definition) is 1. The summed E-state index contributed by atoms with van der Waals surface area (Å²) in [4.78, 5) is 26.5. The Balaban J connectivity index is 2.27. The molecule has 2 rings (SSSR count). The molecule has 0 bridgehead atoms. The summed E-state index contributed by atoms with van der Waals surface area (Å²) in [6.07, 6.45) is 1.62. The average molecular weight is 277 g/mol. The van der Waals surface area contributed by atoms with Gasteiger partial charge in [0.2, 0.25) is 0 Å². The van der Waals surface area contributed by atoms with Crippen LogP contribution in [0.15, 0.2) is 34.2 Å². The van der Waals surface area contributed by atoms with Gasteiger partial charge in [-0.3, -0.25) is 19.9 Å². The number of amides is 1. The van der Waals surface area contributed by atoms with Crippen LogP contribution in [-0.2, 0) is 4.79 Å². The predicted molar refractivity (Wildman–Crippen MR) is 74.8 cm³/mol. The van der Waals surface area contributed by atoms with Crippen LogP contribution in [0.3, 0.4) is 0 Å². The number of nitrogens with one attached hydrogen (secondary N) is 1. The molecule has 1 amide bonds. The first-order valence-corrected chi connectivity index (χ1v) is 6.41. The minimum Gasteiger partial charge on any atom is -0.301 e. The predicted octanol–water partition coefficient (Wildman–Crippen LogP) is 2.17. The van der Waals surface area contributed by atoms with Crippen LogP contribution in [-0.4, -0.2) is 22.5 Å². The van der Waals surface area contributed by atoms with Gasteiger partial charge in [-0.1, -0.05) is 12.1 Å². The molecule has 7 heteroatoms. The number of amidine groups is 1. The van der Waals surface area contributed by atoms with Gasteiger partial charge in [0, 0.05) is 18.7 Å². The Morgan fingerprint density at radius 2 is 2.32 bits per heavy atom. The van der Waals surface area contributed by atoms with Gasteiger partial charge in [-0.2, -0.15) is 0 Å². The van der Waals surface area contributed by atoms with Crippen molar-refractivity contribution in [1.82, 2.24) is 5.32 Å². The standard InChI is InChI=1S/C12H11N3O3S/c1-2-13-12-14-11(16)10(19-12)7-8-4-3-5-9(6-8)15(17)18/h3-7H,2H2,1H3,(H,13,14,16)/b10-7-. The number of carbonyl (C=O) groups is 1. The summed E-state index contributed by atoms with van der Waals surface area (Å²) >= 11 is 1.23. The lowest BCUT2D eigenvalue weighted by Crippen LogP contribution is -2.19. The summed E-state index contributed by atoms with van der Waals surface area (Å²) in [5.41, 5.74) is 0.616. The lowest BCUT2D eigenvalue weighted by molar-refractivity contribution is -0.384. The molecule has 0 unspecified atom stereocenters. The second kappa shape index (κ2) is 5.66. The quantitative estimate of drug-likeness (QED) is 0.521. The summed E-state index contributed by atoms with van der Waals surface area (Å²) in [5.74, 6) is -0.233. The second-order valence-electron chi connectivity index (χ2n) is 3.70. The molecular weight excluding hydrogens is 266 g/mol. The van der Waals surface area contributed by atoms with E-state index < -0.39 is 4.92 Å². The Bertz CT molecular complexity index is 596. The van der Waals surface area contributed by atoms with Crippen LogP contribution in [0.1, 0.15) is 12.5 Å². The topological polar surface area (TPSA) is 84.6 Å². The first-order valence-electron chi connectivity index (χ1n) is 5.60. The number of rotatable bonds is 3.